The summed E-state index contributed by atoms with van der Waals surface area (Å²) < 4.78 is 41.7. The van der Waals surface area contributed by atoms with Crippen LogP contribution in [0.5, 0.6) is 0 Å². The molecule has 1 aromatic heterocycles. The van der Waals surface area contributed by atoms with E-state index in [1.807, 2.05) is 0 Å². The Morgan fingerprint density at radius 2 is 2.14 bits per heavy atom. The molecule has 0 spiro atoms. The predicted molar refractivity (Wildman–Crippen MR) is 73.7 cm³/mol. The lowest BCUT2D eigenvalue weighted by atomic mass is 10.2. The highest BCUT2D eigenvalue weighted by Crippen LogP contribution is 2.21. The maximum atomic E-state index is 11.9. The first-order valence-corrected chi connectivity index (χ1v) is 7.96. The summed E-state index contributed by atoms with van der Waals surface area (Å²) in [4.78, 5) is 11.1. The molecule has 0 aliphatic carbocycles. The van der Waals surface area contributed by atoms with Crippen LogP contribution in [0, 0.1) is 0 Å². The van der Waals surface area contributed by atoms with Crippen LogP contribution < -0.4 is 5.32 Å². The van der Waals surface area contributed by atoms with Gasteiger partial charge in [0.1, 0.15) is 5.82 Å². The molecule has 0 radical (unpaired) electrons. The number of halogens is 3. The number of hydrogen-bond donors (Lipinski definition) is 1. The predicted octanol–water partition coefficient (Wildman–Crippen LogP) is 2.39. The molecule has 1 aliphatic heterocycles. The normalized spacial score (nSPS) is 15.0. The highest BCUT2D eigenvalue weighted by atomic mass is 32.2. The van der Waals surface area contributed by atoms with Gasteiger partial charge in [0.25, 0.3) is 0 Å². The van der Waals surface area contributed by atoms with E-state index in [0.29, 0.717) is 5.75 Å². The summed E-state index contributed by atoms with van der Waals surface area (Å²) in [7, 11) is 0. The number of nitrogens with one attached hydrogen (secondary N) is 1. The topological polar surface area (TPSA) is 69.0 Å². The van der Waals surface area contributed by atoms with Crippen LogP contribution in [0.15, 0.2) is 5.16 Å². The molecular formula is C12H17F3N4O2S. The van der Waals surface area contributed by atoms with E-state index in [1.165, 1.54) is 18.2 Å². The highest BCUT2D eigenvalue weighted by molar-refractivity contribution is 7.99. The Morgan fingerprint density at radius 1 is 1.32 bits per heavy atom. The average molecular weight is 338 g/mol. The number of alkyl carbamates (subject to hydrolysis) is 1. The number of carbonyl (C=O) groups is 1. The summed E-state index contributed by atoms with van der Waals surface area (Å²) in [5.74, 6) is 1.46. The number of nitrogens with zero attached hydrogens (tertiary/aromatic N) is 3. The third kappa shape index (κ3) is 5.39. The Morgan fingerprint density at radius 3 is 2.91 bits per heavy atom. The van der Waals surface area contributed by atoms with Gasteiger partial charge in [-0.25, -0.2) is 4.79 Å². The van der Waals surface area contributed by atoms with Crippen molar-refractivity contribution < 1.29 is 22.7 Å². The zero-order valence-electron chi connectivity index (χ0n) is 11.9. The summed E-state index contributed by atoms with van der Waals surface area (Å²) in [5.41, 5.74) is 0. The number of rotatable bonds is 5. The fourth-order valence-corrected chi connectivity index (χ4v) is 2.90. The second-order valence-electron chi connectivity index (χ2n) is 4.83. The molecule has 1 aromatic rings. The van der Waals surface area contributed by atoms with Gasteiger partial charge in [0.15, 0.2) is 11.8 Å². The molecule has 2 rings (SSSR count). The van der Waals surface area contributed by atoms with Gasteiger partial charge in [0.05, 0.1) is 0 Å². The minimum absolute atomic E-state index is 0.198. The van der Waals surface area contributed by atoms with Crippen molar-refractivity contribution in [2.75, 3.05) is 18.9 Å². The van der Waals surface area contributed by atoms with E-state index in [1.54, 1.807) is 0 Å². The van der Waals surface area contributed by atoms with E-state index in [0.717, 1.165) is 36.8 Å². The lowest BCUT2D eigenvalue weighted by molar-refractivity contribution is -0.160. The van der Waals surface area contributed by atoms with Crippen LogP contribution >= 0.6 is 11.8 Å². The van der Waals surface area contributed by atoms with Gasteiger partial charge in [-0.3, -0.25) is 0 Å². The van der Waals surface area contributed by atoms with E-state index in [9.17, 15) is 18.0 Å². The largest absolute Gasteiger partial charge is 0.440 e. The van der Waals surface area contributed by atoms with Crippen LogP contribution in [0.1, 0.15) is 25.1 Å². The fraction of sp³-hybridized carbons (Fsp3) is 0.750. The minimum Gasteiger partial charge on any atom is -0.440 e. The van der Waals surface area contributed by atoms with Gasteiger partial charge in [-0.2, -0.15) is 13.2 Å². The second-order valence-corrected chi connectivity index (χ2v) is 5.89. The van der Waals surface area contributed by atoms with Gasteiger partial charge >= 0.3 is 12.3 Å². The van der Waals surface area contributed by atoms with Crippen LogP contribution in [0.25, 0.3) is 0 Å². The molecule has 1 amide bonds. The van der Waals surface area contributed by atoms with E-state index >= 15 is 0 Å². The minimum atomic E-state index is -4.51. The Labute approximate surface area is 129 Å². The van der Waals surface area contributed by atoms with Crippen molar-refractivity contribution >= 4 is 17.9 Å². The number of amides is 1. The van der Waals surface area contributed by atoms with Crippen molar-refractivity contribution in [1.82, 2.24) is 20.1 Å². The monoisotopic (exact) mass is 338 g/mol. The summed E-state index contributed by atoms with van der Waals surface area (Å²) in [6, 6.07) is 0. The van der Waals surface area contributed by atoms with Crippen LogP contribution in [-0.2, 0) is 17.7 Å². The quantitative estimate of drug-likeness (QED) is 0.659. The molecule has 0 bridgehead atoms. The zero-order chi connectivity index (χ0) is 16.0. The van der Waals surface area contributed by atoms with Gasteiger partial charge in [0, 0.05) is 25.3 Å². The smallest absolute Gasteiger partial charge is 0.422 e. The fourth-order valence-electron chi connectivity index (χ4n) is 2.06. The third-order valence-electron chi connectivity index (χ3n) is 3.05. The first kappa shape index (κ1) is 16.9. The van der Waals surface area contributed by atoms with Gasteiger partial charge in [-0.15, -0.1) is 10.2 Å². The molecule has 22 heavy (non-hydrogen) atoms. The first-order valence-electron chi connectivity index (χ1n) is 6.98. The maximum Gasteiger partial charge on any atom is 0.422 e. The molecule has 0 saturated heterocycles. The molecule has 0 fully saturated rings. The Hall–Kier alpha value is -1.45. The Balaban J connectivity index is 1.69. The van der Waals surface area contributed by atoms with Crippen molar-refractivity contribution in [3.8, 4) is 0 Å². The molecule has 124 valence electrons. The SMILES string of the molecule is O=C(NCCSc1nnc2n1CCCCC2)OCC(F)(F)F. The number of hydrogen-bond acceptors (Lipinski definition) is 5. The number of carbonyl (C=O) groups excluding carboxylic acids is 1. The maximum absolute atomic E-state index is 11.9. The van der Waals surface area contributed by atoms with Crippen LogP contribution in [0.2, 0.25) is 0 Å². The highest BCUT2D eigenvalue weighted by Gasteiger charge is 2.29. The lowest BCUT2D eigenvalue weighted by Gasteiger charge is -2.09. The van der Waals surface area contributed by atoms with Gasteiger partial charge < -0.3 is 14.6 Å². The number of aryl methyl sites for hydroxylation is 1. The Bertz CT molecular complexity index is 507. The van der Waals surface area contributed by atoms with E-state index in [4.69, 9.17) is 0 Å². The first-order chi connectivity index (χ1) is 10.5. The molecule has 1 aliphatic rings. The molecule has 0 unspecified atom stereocenters. The molecular weight excluding hydrogens is 321 g/mol. The standard InChI is InChI=1S/C12H17F3N4O2S/c13-12(14,15)8-21-11(20)16-5-7-22-10-18-17-9-4-2-1-3-6-19(9)10/h1-8H2,(H,16,20). The lowest BCUT2D eigenvalue weighted by Crippen LogP contribution is -2.30. The number of alkyl halides is 3. The van der Waals surface area contributed by atoms with Gasteiger partial charge in [-0.05, 0) is 12.8 Å². The summed E-state index contributed by atoms with van der Waals surface area (Å²) in [6.07, 6.45) is -1.31. The van der Waals surface area contributed by atoms with Crippen LogP contribution in [0.4, 0.5) is 18.0 Å². The number of thioether (sulfide) groups is 1. The van der Waals surface area contributed by atoms with Crippen molar-refractivity contribution in [3.05, 3.63) is 5.82 Å². The molecule has 2 heterocycles. The molecule has 1 N–H and O–H groups in total. The summed E-state index contributed by atoms with van der Waals surface area (Å²) >= 11 is 1.41. The van der Waals surface area contributed by atoms with Crippen LogP contribution in [0.3, 0.4) is 0 Å². The molecule has 6 nitrogen and oxygen atoms in total. The van der Waals surface area contributed by atoms with Crippen molar-refractivity contribution in [1.29, 1.82) is 0 Å². The summed E-state index contributed by atoms with van der Waals surface area (Å²) in [6.45, 7) is -0.501. The van der Waals surface area contributed by atoms with Crippen molar-refractivity contribution in [3.63, 3.8) is 0 Å². The van der Waals surface area contributed by atoms with E-state index in [-0.39, 0.29) is 6.54 Å². The number of fused-ring (bicyclic) bond motifs is 1. The Kier molecular flexibility index (Phi) is 5.92. The number of ether oxygens (including phenoxy) is 1. The van der Waals surface area contributed by atoms with Crippen molar-refractivity contribution in [2.24, 2.45) is 0 Å². The third-order valence-corrected chi connectivity index (χ3v) is 4.01. The van der Waals surface area contributed by atoms with Gasteiger partial charge in [0.2, 0.25) is 0 Å². The average Bonchev–Trinajstić information content (AvgIpc) is 2.68. The number of aromatic nitrogens is 3. The molecule has 0 atom stereocenters. The summed E-state index contributed by atoms with van der Waals surface area (Å²) in [5, 5.41) is 11.3. The second kappa shape index (κ2) is 7.70. The van der Waals surface area contributed by atoms with Crippen LogP contribution in [-0.4, -0.2) is 45.9 Å². The molecule has 0 saturated carbocycles. The molecule has 0 aromatic carbocycles. The van der Waals surface area contributed by atoms with Gasteiger partial charge in [-0.1, -0.05) is 18.2 Å². The van der Waals surface area contributed by atoms with E-state index < -0.39 is 18.9 Å². The van der Waals surface area contributed by atoms with E-state index in [2.05, 4.69) is 24.8 Å². The molecule has 10 heteroatoms. The zero-order valence-corrected chi connectivity index (χ0v) is 12.7. The van der Waals surface area contributed by atoms with Crippen molar-refractivity contribution in [2.45, 2.75) is 43.6 Å².